The standard InChI is InChI=1S/C13H24N2O3/c1-12(2,3)15-10(16)9-5-7-13(14-4,8-6-9)11(17)18/h9,14H,5-8H2,1-4H3,(H,15,16)(H,17,18). The molecule has 0 aliphatic heterocycles. The van der Waals surface area contributed by atoms with Crippen LogP contribution in [0.15, 0.2) is 0 Å². The summed E-state index contributed by atoms with van der Waals surface area (Å²) in [6.45, 7) is 5.84. The molecule has 0 aromatic carbocycles. The molecule has 5 nitrogen and oxygen atoms in total. The lowest BCUT2D eigenvalue weighted by molar-refractivity contribution is -0.147. The second-order valence-corrected chi connectivity index (χ2v) is 6.15. The highest BCUT2D eigenvalue weighted by atomic mass is 16.4. The Morgan fingerprint density at radius 1 is 1.22 bits per heavy atom. The van der Waals surface area contributed by atoms with E-state index in [1.54, 1.807) is 7.05 Å². The Morgan fingerprint density at radius 2 is 1.72 bits per heavy atom. The lowest BCUT2D eigenvalue weighted by Gasteiger charge is -2.36. The predicted molar refractivity (Wildman–Crippen MR) is 69.3 cm³/mol. The fourth-order valence-corrected chi connectivity index (χ4v) is 2.42. The van der Waals surface area contributed by atoms with Crippen LogP contribution in [0.2, 0.25) is 0 Å². The van der Waals surface area contributed by atoms with E-state index in [-0.39, 0.29) is 17.4 Å². The number of hydrogen-bond acceptors (Lipinski definition) is 3. The van der Waals surface area contributed by atoms with Crippen LogP contribution in [0.4, 0.5) is 0 Å². The molecule has 0 aromatic heterocycles. The summed E-state index contributed by atoms with van der Waals surface area (Å²) in [6, 6.07) is 0. The Bertz CT molecular complexity index is 326. The molecular formula is C13H24N2O3. The normalized spacial score (nSPS) is 28.8. The maximum absolute atomic E-state index is 12.0. The topological polar surface area (TPSA) is 78.4 Å². The van der Waals surface area contributed by atoms with Crippen molar-refractivity contribution in [2.24, 2.45) is 5.92 Å². The molecule has 18 heavy (non-hydrogen) atoms. The minimum absolute atomic E-state index is 0.0394. The number of likely N-dealkylation sites (N-methyl/N-ethyl adjacent to an activating group) is 1. The number of carbonyl (C=O) groups is 2. The number of hydrogen-bond donors (Lipinski definition) is 3. The summed E-state index contributed by atoms with van der Waals surface area (Å²) in [5.41, 5.74) is -1.08. The van der Waals surface area contributed by atoms with E-state index in [1.165, 1.54) is 0 Å². The van der Waals surface area contributed by atoms with Crippen molar-refractivity contribution in [2.75, 3.05) is 7.05 Å². The maximum atomic E-state index is 12.0. The quantitative estimate of drug-likeness (QED) is 0.707. The van der Waals surface area contributed by atoms with Crippen LogP contribution in [0.3, 0.4) is 0 Å². The minimum Gasteiger partial charge on any atom is -0.480 e. The molecule has 0 saturated heterocycles. The Morgan fingerprint density at radius 3 is 2.06 bits per heavy atom. The van der Waals surface area contributed by atoms with Gasteiger partial charge in [0.25, 0.3) is 0 Å². The molecule has 0 radical (unpaired) electrons. The lowest BCUT2D eigenvalue weighted by atomic mass is 9.76. The molecule has 1 fully saturated rings. The molecule has 0 spiro atoms. The van der Waals surface area contributed by atoms with E-state index in [4.69, 9.17) is 0 Å². The van der Waals surface area contributed by atoms with Crippen LogP contribution in [-0.4, -0.2) is 35.1 Å². The summed E-state index contributed by atoms with van der Waals surface area (Å²) in [5, 5.41) is 15.1. The average molecular weight is 256 g/mol. The predicted octanol–water partition coefficient (Wildman–Crippen LogP) is 1.13. The minimum atomic E-state index is -0.849. The number of carboxylic acid groups (broad SMARTS) is 1. The molecule has 104 valence electrons. The van der Waals surface area contributed by atoms with Gasteiger partial charge in [0.1, 0.15) is 5.54 Å². The molecule has 1 rings (SSSR count). The number of carboxylic acids is 1. The summed E-state index contributed by atoms with van der Waals surface area (Å²) in [7, 11) is 1.67. The largest absolute Gasteiger partial charge is 0.480 e. The third-order valence-electron chi connectivity index (χ3n) is 3.60. The highest BCUT2D eigenvalue weighted by molar-refractivity contribution is 5.82. The summed E-state index contributed by atoms with van der Waals surface area (Å²) in [4.78, 5) is 23.3. The van der Waals surface area contributed by atoms with Crippen molar-refractivity contribution in [3.05, 3.63) is 0 Å². The second-order valence-electron chi connectivity index (χ2n) is 6.15. The summed E-state index contributed by atoms with van der Waals surface area (Å²) < 4.78 is 0. The van der Waals surface area contributed by atoms with Crippen molar-refractivity contribution < 1.29 is 14.7 Å². The first-order valence-corrected chi connectivity index (χ1v) is 6.44. The molecule has 1 aliphatic carbocycles. The number of rotatable bonds is 3. The molecule has 0 unspecified atom stereocenters. The van der Waals surface area contributed by atoms with Gasteiger partial charge in [-0.1, -0.05) is 0 Å². The molecule has 0 bridgehead atoms. The van der Waals surface area contributed by atoms with Crippen molar-refractivity contribution in [2.45, 2.75) is 57.5 Å². The van der Waals surface area contributed by atoms with Crippen LogP contribution < -0.4 is 10.6 Å². The highest BCUT2D eigenvalue weighted by Gasteiger charge is 2.42. The fourth-order valence-electron chi connectivity index (χ4n) is 2.42. The lowest BCUT2D eigenvalue weighted by Crippen LogP contribution is -2.54. The molecule has 0 atom stereocenters. The van der Waals surface area contributed by atoms with Gasteiger partial charge < -0.3 is 15.7 Å². The van der Waals surface area contributed by atoms with Crippen molar-refractivity contribution in [3.8, 4) is 0 Å². The zero-order valence-electron chi connectivity index (χ0n) is 11.7. The Hall–Kier alpha value is -1.10. The maximum Gasteiger partial charge on any atom is 0.323 e. The second kappa shape index (κ2) is 5.26. The van der Waals surface area contributed by atoms with E-state index in [0.717, 1.165) is 0 Å². The van der Waals surface area contributed by atoms with Crippen LogP contribution in [-0.2, 0) is 9.59 Å². The van der Waals surface area contributed by atoms with E-state index in [9.17, 15) is 14.7 Å². The first-order valence-electron chi connectivity index (χ1n) is 6.44. The average Bonchev–Trinajstić information content (AvgIpc) is 2.26. The van der Waals surface area contributed by atoms with Crippen LogP contribution in [0.5, 0.6) is 0 Å². The van der Waals surface area contributed by atoms with Gasteiger partial charge in [0, 0.05) is 11.5 Å². The Kier molecular flexibility index (Phi) is 4.37. The van der Waals surface area contributed by atoms with Crippen molar-refractivity contribution in [1.82, 2.24) is 10.6 Å². The van der Waals surface area contributed by atoms with Gasteiger partial charge in [-0.15, -0.1) is 0 Å². The van der Waals surface area contributed by atoms with Gasteiger partial charge in [-0.2, -0.15) is 0 Å². The third-order valence-corrected chi connectivity index (χ3v) is 3.60. The van der Waals surface area contributed by atoms with E-state index < -0.39 is 11.5 Å². The number of nitrogens with one attached hydrogen (secondary N) is 2. The van der Waals surface area contributed by atoms with Crippen LogP contribution in [0, 0.1) is 5.92 Å². The SMILES string of the molecule is CNC1(C(=O)O)CCC(C(=O)NC(C)(C)C)CC1. The van der Waals surface area contributed by atoms with Gasteiger partial charge in [-0.3, -0.25) is 9.59 Å². The first-order chi connectivity index (χ1) is 8.20. The molecule has 5 heteroatoms. The van der Waals surface area contributed by atoms with E-state index in [2.05, 4.69) is 10.6 Å². The zero-order chi connectivity index (χ0) is 14.0. The van der Waals surface area contributed by atoms with Gasteiger partial charge in [0.2, 0.25) is 5.91 Å². The van der Waals surface area contributed by atoms with Gasteiger partial charge in [0.15, 0.2) is 0 Å². The number of aliphatic carboxylic acids is 1. The summed E-state index contributed by atoms with van der Waals surface area (Å²) >= 11 is 0. The fraction of sp³-hybridized carbons (Fsp3) is 0.846. The molecular weight excluding hydrogens is 232 g/mol. The monoisotopic (exact) mass is 256 g/mol. The molecule has 0 heterocycles. The van der Waals surface area contributed by atoms with Gasteiger partial charge in [0.05, 0.1) is 0 Å². The first kappa shape index (κ1) is 15.0. The number of amides is 1. The molecule has 0 aromatic rings. The smallest absolute Gasteiger partial charge is 0.323 e. The summed E-state index contributed by atoms with van der Waals surface area (Å²) in [6.07, 6.45) is 2.24. The van der Waals surface area contributed by atoms with Crippen molar-refractivity contribution in [3.63, 3.8) is 0 Å². The molecule has 1 aliphatic rings. The highest BCUT2D eigenvalue weighted by Crippen LogP contribution is 2.32. The zero-order valence-corrected chi connectivity index (χ0v) is 11.7. The van der Waals surface area contributed by atoms with Gasteiger partial charge in [-0.25, -0.2) is 0 Å². The van der Waals surface area contributed by atoms with Crippen LogP contribution >= 0.6 is 0 Å². The van der Waals surface area contributed by atoms with E-state index in [1.807, 2.05) is 20.8 Å². The van der Waals surface area contributed by atoms with Crippen molar-refractivity contribution in [1.29, 1.82) is 0 Å². The van der Waals surface area contributed by atoms with E-state index >= 15 is 0 Å². The van der Waals surface area contributed by atoms with Crippen LogP contribution in [0.1, 0.15) is 46.5 Å². The molecule has 1 saturated carbocycles. The van der Waals surface area contributed by atoms with Crippen LogP contribution in [0.25, 0.3) is 0 Å². The molecule has 1 amide bonds. The molecule has 3 N–H and O–H groups in total. The van der Waals surface area contributed by atoms with Crippen molar-refractivity contribution >= 4 is 11.9 Å². The van der Waals surface area contributed by atoms with Gasteiger partial charge in [-0.05, 0) is 53.5 Å². The summed E-state index contributed by atoms with van der Waals surface area (Å²) in [5.74, 6) is -0.845. The Balaban J connectivity index is 2.58. The van der Waals surface area contributed by atoms with Gasteiger partial charge >= 0.3 is 5.97 Å². The third kappa shape index (κ3) is 3.45. The number of carbonyl (C=O) groups excluding carboxylic acids is 1. The Labute approximate surface area is 108 Å². The van der Waals surface area contributed by atoms with E-state index in [0.29, 0.717) is 25.7 Å².